The monoisotopic (exact) mass is 395 g/mol. The third kappa shape index (κ3) is 3.57. The molecule has 0 bridgehead atoms. The molecule has 4 aromatic rings. The summed E-state index contributed by atoms with van der Waals surface area (Å²) in [5, 5.41) is 6.80. The van der Waals surface area contributed by atoms with Crippen molar-refractivity contribution in [2.24, 2.45) is 0 Å². The molecule has 0 aliphatic rings. The highest BCUT2D eigenvalue weighted by Crippen LogP contribution is 2.29. The van der Waals surface area contributed by atoms with E-state index in [0.29, 0.717) is 22.4 Å². The van der Waals surface area contributed by atoms with Crippen LogP contribution in [0.3, 0.4) is 0 Å². The van der Waals surface area contributed by atoms with E-state index in [2.05, 4.69) is 25.6 Å². The molecule has 7 nitrogen and oxygen atoms in total. The van der Waals surface area contributed by atoms with E-state index in [9.17, 15) is 0 Å². The highest BCUT2D eigenvalue weighted by atomic mass is 35.5. The number of benzene rings is 2. The number of aryl methyl sites for hydroxylation is 1. The van der Waals surface area contributed by atoms with Crippen molar-refractivity contribution in [2.75, 3.05) is 17.7 Å². The average molecular weight is 396 g/mol. The van der Waals surface area contributed by atoms with E-state index < -0.39 is 0 Å². The van der Waals surface area contributed by atoms with Gasteiger partial charge in [-0.15, -0.1) is 0 Å². The number of oxazole rings is 1. The van der Waals surface area contributed by atoms with Gasteiger partial charge in [-0.1, -0.05) is 11.6 Å². The summed E-state index contributed by atoms with van der Waals surface area (Å²) < 4.78 is 10.7. The van der Waals surface area contributed by atoms with E-state index in [4.69, 9.17) is 20.8 Å². The van der Waals surface area contributed by atoms with Gasteiger partial charge in [0.1, 0.15) is 16.3 Å². The number of ether oxygens (including phenoxy) is 1. The number of methoxy groups -OCH3 is 1. The third-order valence-electron chi connectivity index (χ3n) is 4.43. The standard InChI is InChI=1S/C20H18ClN5O2/c1-11-6-14(8-18(27-3)12(11)2)25-20-22-9-15(21)19(26-20)24-13-4-5-17-16(7-13)23-10-28-17/h4-10H,1-3H3,(H2,22,24,25,26). The zero-order chi connectivity index (χ0) is 19.7. The molecule has 0 atom stereocenters. The minimum atomic E-state index is 0.406. The number of nitrogens with one attached hydrogen (secondary N) is 2. The van der Waals surface area contributed by atoms with Gasteiger partial charge in [-0.05, 0) is 49.2 Å². The molecule has 142 valence electrons. The number of fused-ring (bicyclic) bond motifs is 1. The van der Waals surface area contributed by atoms with Gasteiger partial charge in [0.15, 0.2) is 17.8 Å². The second-order valence-electron chi connectivity index (χ2n) is 6.30. The highest BCUT2D eigenvalue weighted by molar-refractivity contribution is 6.32. The normalized spacial score (nSPS) is 10.9. The molecule has 2 heterocycles. The maximum atomic E-state index is 6.27. The molecule has 0 spiro atoms. The van der Waals surface area contributed by atoms with Gasteiger partial charge < -0.3 is 19.8 Å². The van der Waals surface area contributed by atoms with Crippen LogP contribution in [0.1, 0.15) is 11.1 Å². The van der Waals surface area contributed by atoms with E-state index in [1.807, 2.05) is 44.2 Å². The number of hydrogen-bond donors (Lipinski definition) is 2. The minimum Gasteiger partial charge on any atom is -0.496 e. The summed E-state index contributed by atoms with van der Waals surface area (Å²) in [7, 11) is 1.65. The first-order valence-corrected chi connectivity index (χ1v) is 8.96. The minimum absolute atomic E-state index is 0.406. The summed E-state index contributed by atoms with van der Waals surface area (Å²) in [5.74, 6) is 1.70. The molecule has 2 aromatic carbocycles. The first-order valence-electron chi connectivity index (χ1n) is 8.58. The number of anilines is 4. The highest BCUT2D eigenvalue weighted by Gasteiger charge is 2.10. The number of hydrogen-bond acceptors (Lipinski definition) is 7. The van der Waals surface area contributed by atoms with Gasteiger partial charge in [0.05, 0.1) is 13.3 Å². The Labute approximate surface area is 166 Å². The third-order valence-corrected chi connectivity index (χ3v) is 4.71. The van der Waals surface area contributed by atoms with Crippen molar-refractivity contribution >= 4 is 45.8 Å². The second-order valence-corrected chi connectivity index (χ2v) is 6.70. The van der Waals surface area contributed by atoms with Gasteiger partial charge in [-0.3, -0.25) is 0 Å². The van der Waals surface area contributed by atoms with Crippen LogP contribution in [-0.4, -0.2) is 22.1 Å². The van der Waals surface area contributed by atoms with E-state index in [0.717, 1.165) is 33.8 Å². The van der Waals surface area contributed by atoms with Crippen molar-refractivity contribution in [3.8, 4) is 5.75 Å². The van der Waals surface area contributed by atoms with E-state index in [1.165, 1.54) is 6.39 Å². The van der Waals surface area contributed by atoms with Crippen molar-refractivity contribution in [1.82, 2.24) is 15.0 Å². The Morgan fingerprint density at radius 1 is 1.04 bits per heavy atom. The summed E-state index contributed by atoms with van der Waals surface area (Å²) in [4.78, 5) is 12.9. The van der Waals surface area contributed by atoms with E-state index >= 15 is 0 Å². The van der Waals surface area contributed by atoms with Gasteiger partial charge in [-0.2, -0.15) is 4.98 Å². The lowest BCUT2D eigenvalue weighted by atomic mass is 10.1. The summed E-state index contributed by atoms with van der Waals surface area (Å²) >= 11 is 6.27. The predicted octanol–water partition coefficient (Wildman–Crippen LogP) is 5.38. The van der Waals surface area contributed by atoms with Crippen LogP contribution < -0.4 is 15.4 Å². The Morgan fingerprint density at radius 3 is 2.71 bits per heavy atom. The Hall–Kier alpha value is -3.32. The van der Waals surface area contributed by atoms with Gasteiger partial charge >= 0.3 is 0 Å². The predicted molar refractivity (Wildman–Crippen MR) is 110 cm³/mol. The van der Waals surface area contributed by atoms with Crippen molar-refractivity contribution < 1.29 is 9.15 Å². The molecule has 0 aliphatic carbocycles. The SMILES string of the molecule is COc1cc(Nc2ncc(Cl)c(Nc3ccc4ocnc4c3)n2)cc(C)c1C. The van der Waals surface area contributed by atoms with Gasteiger partial charge in [0.25, 0.3) is 0 Å². The fraction of sp³-hybridized carbons (Fsp3) is 0.150. The quantitative estimate of drug-likeness (QED) is 0.469. The molecular weight excluding hydrogens is 378 g/mol. The smallest absolute Gasteiger partial charge is 0.229 e. The van der Waals surface area contributed by atoms with Crippen molar-refractivity contribution in [3.05, 3.63) is 59.1 Å². The molecule has 0 saturated carbocycles. The van der Waals surface area contributed by atoms with Crippen molar-refractivity contribution in [3.63, 3.8) is 0 Å². The summed E-state index contributed by atoms with van der Waals surface area (Å²) in [5.41, 5.74) is 5.28. The topological polar surface area (TPSA) is 85.1 Å². The molecule has 0 aliphatic heterocycles. The molecule has 0 amide bonds. The van der Waals surface area contributed by atoms with Gasteiger partial charge in [0.2, 0.25) is 5.95 Å². The molecule has 0 unspecified atom stereocenters. The Bertz CT molecular complexity index is 1160. The van der Waals surface area contributed by atoms with Crippen LogP contribution in [0.5, 0.6) is 5.75 Å². The van der Waals surface area contributed by atoms with E-state index in [-0.39, 0.29) is 0 Å². The van der Waals surface area contributed by atoms with Crippen LogP contribution in [0.2, 0.25) is 5.02 Å². The van der Waals surface area contributed by atoms with E-state index in [1.54, 1.807) is 13.3 Å². The molecule has 0 saturated heterocycles. The molecule has 4 rings (SSSR count). The molecule has 2 N–H and O–H groups in total. The lowest BCUT2D eigenvalue weighted by molar-refractivity contribution is 0.411. The van der Waals surface area contributed by atoms with Crippen LogP contribution >= 0.6 is 11.6 Å². The van der Waals surface area contributed by atoms with Gasteiger partial charge in [-0.25, -0.2) is 9.97 Å². The molecular formula is C20H18ClN5O2. The lowest BCUT2D eigenvalue weighted by Crippen LogP contribution is -2.02. The molecule has 2 aromatic heterocycles. The molecule has 28 heavy (non-hydrogen) atoms. The molecule has 8 heteroatoms. The van der Waals surface area contributed by atoms with Crippen molar-refractivity contribution in [2.45, 2.75) is 13.8 Å². The Balaban J connectivity index is 1.61. The first-order chi connectivity index (χ1) is 13.5. The Morgan fingerprint density at radius 2 is 1.89 bits per heavy atom. The van der Waals surface area contributed by atoms with Crippen molar-refractivity contribution in [1.29, 1.82) is 0 Å². The first kappa shape index (κ1) is 18.1. The zero-order valence-corrected chi connectivity index (χ0v) is 16.3. The number of halogens is 1. The summed E-state index contributed by atoms with van der Waals surface area (Å²) in [6.45, 7) is 4.04. The number of aromatic nitrogens is 3. The van der Waals surface area contributed by atoms with Crippen LogP contribution in [0.25, 0.3) is 11.1 Å². The second kappa shape index (κ2) is 7.36. The Kier molecular flexibility index (Phi) is 4.75. The van der Waals surface area contributed by atoms with Crippen LogP contribution in [0.15, 0.2) is 47.3 Å². The fourth-order valence-corrected chi connectivity index (χ4v) is 2.97. The molecule has 0 radical (unpaired) electrons. The fourth-order valence-electron chi connectivity index (χ4n) is 2.83. The van der Waals surface area contributed by atoms with Gasteiger partial charge in [0, 0.05) is 17.4 Å². The maximum absolute atomic E-state index is 6.27. The summed E-state index contributed by atoms with van der Waals surface area (Å²) in [6, 6.07) is 9.49. The largest absolute Gasteiger partial charge is 0.496 e. The summed E-state index contributed by atoms with van der Waals surface area (Å²) in [6.07, 6.45) is 2.96. The van der Waals surface area contributed by atoms with Crippen LogP contribution in [0.4, 0.5) is 23.1 Å². The number of nitrogens with zero attached hydrogens (tertiary/aromatic N) is 3. The van der Waals surface area contributed by atoms with Crippen LogP contribution in [-0.2, 0) is 0 Å². The average Bonchev–Trinajstić information content (AvgIpc) is 3.15. The maximum Gasteiger partial charge on any atom is 0.229 e. The lowest BCUT2D eigenvalue weighted by Gasteiger charge is -2.13. The number of rotatable bonds is 5. The zero-order valence-electron chi connectivity index (χ0n) is 15.6. The molecule has 0 fully saturated rings. The van der Waals surface area contributed by atoms with Crippen LogP contribution in [0, 0.1) is 13.8 Å².